The zero-order chi connectivity index (χ0) is 20.4. The van der Waals surface area contributed by atoms with Crippen LogP contribution in [0.1, 0.15) is 27.8 Å². The molecule has 0 fully saturated rings. The van der Waals surface area contributed by atoms with E-state index in [-0.39, 0.29) is 6.04 Å². The molecule has 0 aromatic heterocycles. The van der Waals surface area contributed by atoms with E-state index in [1.54, 1.807) is 0 Å². The topological polar surface area (TPSA) is 35.8 Å². The van der Waals surface area contributed by atoms with Crippen LogP contribution in [-0.4, -0.2) is 35.0 Å². The maximum Gasteiger partial charge on any atom is 0.137 e. The van der Waals surface area contributed by atoms with Crippen LogP contribution in [0.25, 0.3) is 10.8 Å². The Labute approximate surface area is 172 Å². The zero-order valence-corrected chi connectivity index (χ0v) is 17.2. The molecule has 1 aliphatic rings. The molecule has 3 heteroatoms. The number of fused-ring (bicyclic) bond motifs is 1. The number of aliphatic hydroxyl groups is 1. The van der Waals surface area contributed by atoms with Crippen molar-refractivity contribution in [3.05, 3.63) is 82.4 Å². The molecule has 0 bridgehead atoms. The van der Waals surface area contributed by atoms with Crippen LogP contribution in [0.3, 0.4) is 0 Å². The molecule has 0 radical (unpaired) electrons. The second-order valence-electron chi connectivity index (χ2n) is 8.00. The summed E-state index contributed by atoms with van der Waals surface area (Å²) < 4.78 is 0. The lowest BCUT2D eigenvalue weighted by Crippen LogP contribution is -2.40. The van der Waals surface area contributed by atoms with Crippen LogP contribution >= 0.6 is 0 Å². The maximum absolute atomic E-state index is 10.7. The maximum atomic E-state index is 10.7. The van der Waals surface area contributed by atoms with Crippen molar-refractivity contribution >= 4 is 17.1 Å². The third kappa shape index (κ3) is 4.50. The highest BCUT2D eigenvalue weighted by Gasteiger charge is 2.26. The van der Waals surface area contributed by atoms with Crippen molar-refractivity contribution in [3.8, 4) is 11.8 Å². The van der Waals surface area contributed by atoms with Gasteiger partial charge in [-0.1, -0.05) is 53.8 Å². The minimum Gasteiger partial charge on any atom is -0.378 e. The van der Waals surface area contributed by atoms with Crippen molar-refractivity contribution in [2.45, 2.75) is 39.5 Å². The lowest BCUT2D eigenvalue weighted by molar-refractivity contribution is 0.141. The smallest absolute Gasteiger partial charge is 0.137 e. The Morgan fingerprint density at radius 1 is 0.966 bits per heavy atom. The van der Waals surface area contributed by atoms with Gasteiger partial charge in [0.15, 0.2) is 0 Å². The molecule has 0 saturated heterocycles. The predicted molar refractivity (Wildman–Crippen MR) is 120 cm³/mol. The molecule has 0 spiro atoms. The molecule has 3 aromatic rings. The van der Waals surface area contributed by atoms with Crippen molar-refractivity contribution in [1.29, 1.82) is 0 Å². The van der Waals surface area contributed by atoms with Gasteiger partial charge in [0.2, 0.25) is 0 Å². The molecule has 1 aliphatic heterocycles. The van der Waals surface area contributed by atoms with Gasteiger partial charge in [-0.15, -0.1) is 0 Å². The predicted octanol–water partition coefficient (Wildman–Crippen LogP) is 4.39. The highest BCUT2D eigenvalue weighted by atomic mass is 16.3. The van der Waals surface area contributed by atoms with Crippen molar-refractivity contribution in [2.24, 2.45) is 4.99 Å². The molecule has 2 atom stereocenters. The molecule has 1 heterocycles. The Bertz CT molecular complexity index is 1120. The average molecular weight is 383 g/mol. The summed E-state index contributed by atoms with van der Waals surface area (Å²) in [6.07, 6.45) is 1.09. The van der Waals surface area contributed by atoms with Gasteiger partial charge in [-0.05, 0) is 66.4 Å². The van der Waals surface area contributed by atoms with Gasteiger partial charge < -0.3 is 10.0 Å². The molecule has 0 aliphatic carbocycles. The number of rotatable bonds is 3. The van der Waals surface area contributed by atoms with Crippen molar-refractivity contribution in [1.82, 2.24) is 4.90 Å². The first kappa shape index (κ1) is 19.2. The lowest BCUT2D eigenvalue weighted by atomic mass is 10.0. The second-order valence-corrected chi connectivity index (χ2v) is 8.00. The Balaban J connectivity index is 1.50. The molecule has 0 saturated carbocycles. The SMILES string of the molecule is Cc1cc(C)cc(C#CC(O)C2CN=CN2Cc2ccc3ccc(C)cc3c2)c1. The van der Waals surface area contributed by atoms with E-state index in [9.17, 15) is 5.11 Å². The van der Waals surface area contributed by atoms with E-state index < -0.39 is 6.10 Å². The first-order valence-electron chi connectivity index (χ1n) is 10.0. The molecule has 146 valence electrons. The second kappa shape index (κ2) is 8.11. The Morgan fingerprint density at radius 3 is 2.52 bits per heavy atom. The van der Waals surface area contributed by atoms with Gasteiger partial charge >= 0.3 is 0 Å². The first-order chi connectivity index (χ1) is 14.0. The Hall–Kier alpha value is -3.09. The molecule has 3 aromatic carbocycles. The van der Waals surface area contributed by atoms with Crippen LogP contribution in [0.5, 0.6) is 0 Å². The third-order valence-electron chi connectivity index (χ3n) is 5.32. The summed E-state index contributed by atoms with van der Waals surface area (Å²) in [6, 6.07) is 19.1. The molecular weight excluding hydrogens is 356 g/mol. The van der Waals surface area contributed by atoms with Crippen LogP contribution in [0.2, 0.25) is 0 Å². The van der Waals surface area contributed by atoms with Crippen LogP contribution in [0.15, 0.2) is 59.6 Å². The molecule has 2 unspecified atom stereocenters. The van der Waals surface area contributed by atoms with Crippen LogP contribution in [0.4, 0.5) is 0 Å². The van der Waals surface area contributed by atoms with Gasteiger partial charge in [-0.3, -0.25) is 4.99 Å². The number of hydrogen-bond donors (Lipinski definition) is 1. The van der Waals surface area contributed by atoms with E-state index >= 15 is 0 Å². The summed E-state index contributed by atoms with van der Waals surface area (Å²) in [5.41, 5.74) is 5.77. The summed E-state index contributed by atoms with van der Waals surface area (Å²) >= 11 is 0. The number of benzene rings is 3. The summed E-state index contributed by atoms with van der Waals surface area (Å²) in [7, 11) is 0. The van der Waals surface area contributed by atoms with Gasteiger partial charge in [-0.25, -0.2) is 0 Å². The van der Waals surface area contributed by atoms with Gasteiger partial charge in [0.1, 0.15) is 6.10 Å². The summed E-state index contributed by atoms with van der Waals surface area (Å²) in [6.45, 7) is 7.51. The summed E-state index contributed by atoms with van der Waals surface area (Å²) in [5, 5.41) is 13.2. The van der Waals surface area contributed by atoms with E-state index in [0.717, 1.165) is 5.56 Å². The fourth-order valence-electron chi connectivity index (χ4n) is 3.91. The van der Waals surface area contributed by atoms with E-state index in [0.29, 0.717) is 13.1 Å². The van der Waals surface area contributed by atoms with Crippen LogP contribution in [-0.2, 0) is 6.54 Å². The fraction of sp³-hybridized carbons (Fsp3) is 0.269. The van der Waals surface area contributed by atoms with Crippen molar-refractivity contribution < 1.29 is 5.11 Å². The number of hydrogen-bond acceptors (Lipinski definition) is 3. The summed E-state index contributed by atoms with van der Waals surface area (Å²) in [5.74, 6) is 6.17. The molecule has 29 heavy (non-hydrogen) atoms. The minimum absolute atomic E-state index is 0.124. The normalized spacial score (nSPS) is 16.7. The average Bonchev–Trinajstić information content (AvgIpc) is 3.13. The van der Waals surface area contributed by atoms with E-state index in [1.807, 2.05) is 18.5 Å². The van der Waals surface area contributed by atoms with Gasteiger partial charge in [0.25, 0.3) is 0 Å². The quantitative estimate of drug-likeness (QED) is 0.682. The molecule has 3 nitrogen and oxygen atoms in total. The van der Waals surface area contributed by atoms with E-state index in [2.05, 4.69) is 85.0 Å². The number of aryl methyl sites for hydroxylation is 3. The van der Waals surface area contributed by atoms with Gasteiger partial charge in [0, 0.05) is 12.1 Å². The zero-order valence-electron chi connectivity index (χ0n) is 17.2. The van der Waals surface area contributed by atoms with Gasteiger partial charge in [-0.2, -0.15) is 0 Å². The number of aliphatic hydroxyl groups excluding tert-OH is 1. The highest BCUT2D eigenvalue weighted by Crippen LogP contribution is 2.20. The van der Waals surface area contributed by atoms with E-state index in [1.165, 1.54) is 33.0 Å². The van der Waals surface area contributed by atoms with Crippen molar-refractivity contribution in [2.75, 3.05) is 6.54 Å². The number of aliphatic imine (C=N–C) groups is 1. The molecule has 4 rings (SSSR count). The summed E-state index contributed by atoms with van der Waals surface area (Å²) in [4.78, 5) is 6.49. The molecule has 0 amide bonds. The lowest BCUT2D eigenvalue weighted by Gasteiger charge is -2.26. The van der Waals surface area contributed by atoms with Gasteiger partial charge in [0.05, 0.1) is 18.9 Å². The van der Waals surface area contributed by atoms with Crippen LogP contribution in [0, 0.1) is 32.6 Å². The minimum atomic E-state index is -0.749. The molecular formula is C26H26N2O. The Kier molecular flexibility index (Phi) is 5.38. The highest BCUT2D eigenvalue weighted by molar-refractivity contribution is 5.83. The Morgan fingerprint density at radius 2 is 1.72 bits per heavy atom. The van der Waals surface area contributed by atoms with E-state index in [4.69, 9.17) is 0 Å². The standard InChI is InChI=1S/C26H26N2O/c1-18-4-7-23-8-5-22(14-24(23)13-18)16-28-17-27-15-25(28)26(29)9-6-21-11-19(2)10-20(3)12-21/h4-5,7-8,10-14,17,25-26,29H,15-16H2,1-3H3. The fourth-order valence-corrected chi connectivity index (χ4v) is 3.91. The first-order valence-corrected chi connectivity index (χ1v) is 10.0. The van der Waals surface area contributed by atoms with Crippen LogP contribution < -0.4 is 0 Å². The largest absolute Gasteiger partial charge is 0.378 e. The third-order valence-corrected chi connectivity index (χ3v) is 5.32. The monoisotopic (exact) mass is 382 g/mol. The van der Waals surface area contributed by atoms with Crippen molar-refractivity contribution in [3.63, 3.8) is 0 Å². The number of nitrogens with zero attached hydrogens (tertiary/aromatic N) is 2. The molecule has 1 N–H and O–H groups in total.